The summed E-state index contributed by atoms with van der Waals surface area (Å²) in [5, 5.41) is 3.33. The van der Waals surface area contributed by atoms with E-state index in [1.807, 2.05) is 12.1 Å². The Morgan fingerprint density at radius 1 is 1.29 bits per heavy atom. The zero-order chi connectivity index (χ0) is 12.3. The highest BCUT2D eigenvalue weighted by Gasteiger charge is 2.16. The quantitative estimate of drug-likeness (QED) is 0.889. The Bertz CT molecular complexity index is 392. The molecule has 17 heavy (non-hydrogen) atoms. The minimum atomic E-state index is 0.614. The van der Waals surface area contributed by atoms with Gasteiger partial charge in [0.05, 0.1) is 22.7 Å². The van der Waals surface area contributed by atoms with Crippen molar-refractivity contribution in [2.24, 2.45) is 5.92 Å². The van der Waals surface area contributed by atoms with Crippen LogP contribution in [0.1, 0.15) is 6.42 Å². The van der Waals surface area contributed by atoms with Crippen molar-refractivity contribution in [1.29, 1.82) is 0 Å². The summed E-state index contributed by atoms with van der Waals surface area (Å²) < 4.78 is 12.9. The van der Waals surface area contributed by atoms with Gasteiger partial charge in [-0.2, -0.15) is 0 Å². The second-order valence-electron chi connectivity index (χ2n) is 4.09. The maximum absolute atomic E-state index is 5.83. The molecule has 1 heterocycles. The summed E-state index contributed by atoms with van der Waals surface area (Å²) in [5.74, 6) is 2.26. The van der Waals surface area contributed by atoms with Crippen LogP contribution in [0.5, 0.6) is 11.5 Å². The molecule has 0 aliphatic carbocycles. The molecule has 0 aromatic heterocycles. The van der Waals surface area contributed by atoms with Crippen molar-refractivity contribution in [2.45, 2.75) is 6.42 Å². The van der Waals surface area contributed by atoms with Crippen LogP contribution < -0.4 is 14.8 Å². The molecule has 1 aliphatic rings. The van der Waals surface area contributed by atoms with E-state index in [2.05, 4.69) is 37.2 Å². The third-order valence-corrected chi connectivity index (χ3v) is 4.08. The van der Waals surface area contributed by atoms with Gasteiger partial charge in [0.15, 0.2) is 0 Å². The second-order valence-corrected chi connectivity index (χ2v) is 5.80. The molecule has 0 spiro atoms. The highest BCUT2D eigenvalue weighted by Crippen LogP contribution is 2.36. The summed E-state index contributed by atoms with van der Waals surface area (Å²) in [6.07, 6.45) is 1.19. The van der Waals surface area contributed by atoms with Crippen molar-refractivity contribution in [3.8, 4) is 11.5 Å². The monoisotopic (exact) mass is 363 g/mol. The molecular weight excluding hydrogens is 350 g/mol. The highest BCUT2D eigenvalue weighted by molar-refractivity contribution is 9.11. The minimum Gasteiger partial charge on any atom is -0.496 e. The third-order valence-electron chi connectivity index (χ3n) is 2.84. The fourth-order valence-electron chi connectivity index (χ4n) is 1.84. The first-order valence-electron chi connectivity index (χ1n) is 5.57. The lowest BCUT2D eigenvalue weighted by Crippen LogP contribution is -2.15. The average molecular weight is 365 g/mol. The molecular formula is C12H15Br2NO2. The van der Waals surface area contributed by atoms with Gasteiger partial charge in [-0.15, -0.1) is 0 Å². The van der Waals surface area contributed by atoms with Crippen LogP contribution in [0, 0.1) is 5.92 Å². The summed E-state index contributed by atoms with van der Waals surface area (Å²) in [6.45, 7) is 2.90. The first kappa shape index (κ1) is 13.2. The molecule has 1 aromatic rings. The lowest BCUT2D eigenvalue weighted by molar-refractivity contribution is 0.258. The fourth-order valence-corrected chi connectivity index (χ4v) is 2.76. The Labute approximate surface area is 118 Å². The minimum absolute atomic E-state index is 0.614. The van der Waals surface area contributed by atoms with Crippen molar-refractivity contribution in [3.05, 3.63) is 21.1 Å². The molecule has 1 aromatic carbocycles. The number of rotatable bonds is 4. The van der Waals surface area contributed by atoms with Crippen molar-refractivity contribution in [1.82, 2.24) is 5.32 Å². The summed E-state index contributed by atoms with van der Waals surface area (Å²) in [4.78, 5) is 0. The van der Waals surface area contributed by atoms with Crippen LogP contribution in [-0.4, -0.2) is 26.8 Å². The molecule has 0 radical (unpaired) electrons. The largest absolute Gasteiger partial charge is 0.496 e. The van der Waals surface area contributed by atoms with Gasteiger partial charge < -0.3 is 14.8 Å². The van der Waals surface area contributed by atoms with Gasteiger partial charge >= 0.3 is 0 Å². The first-order chi connectivity index (χ1) is 8.20. The maximum Gasteiger partial charge on any atom is 0.134 e. The molecule has 1 unspecified atom stereocenters. The van der Waals surface area contributed by atoms with Gasteiger partial charge in [0.1, 0.15) is 11.5 Å². The molecule has 1 fully saturated rings. The average Bonchev–Trinajstić information content (AvgIpc) is 2.82. The van der Waals surface area contributed by atoms with Crippen LogP contribution in [0.2, 0.25) is 0 Å². The predicted octanol–water partition coefficient (Wildman–Crippen LogP) is 3.21. The molecule has 3 nitrogen and oxygen atoms in total. The van der Waals surface area contributed by atoms with E-state index in [1.54, 1.807) is 7.11 Å². The summed E-state index contributed by atoms with van der Waals surface area (Å²) in [7, 11) is 1.65. The first-order valence-corrected chi connectivity index (χ1v) is 7.16. The van der Waals surface area contributed by atoms with Crippen LogP contribution in [0.15, 0.2) is 21.1 Å². The molecule has 94 valence electrons. The van der Waals surface area contributed by atoms with E-state index in [0.29, 0.717) is 5.92 Å². The summed E-state index contributed by atoms with van der Waals surface area (Å²) in [6, 6.07) is 3.84. The summed E-state index contributed by atoms with van der Waals surface area (Å²) in [5.41, 5.74) is 0. The maximum atomic E-state index is 5.83. The van der Waals surface area contributed by atoms with E-state index in [4.69, 9.17) is 9.47 Å². The van der Waals surface area contributed by atoms with Gasteiger partial charge in [0.25, 0.3) is 0 Å². The van der Waals surface area contributed by atoms with E-state index in [0.717, 1.165) is 40.1 Å². The fraction of sp³-hybridized carbons (Fsp3) is 0.500. The summed E-state index contributed by atoms with van der Waals surface area (Å²) >= 11 is 6.95. The highest BCUT2D eigenvalue weighted by atomic mass is 79.9. The number of ether oxygens (including phenoxy) is 2. The lowest BCUT2D eigenvalue weighted by atomic mass is 10.1. The topological polar surface area (TPSA) is 30.5 Å². The molecule has 0 amide bonds. The van der Waals surface area contributed by atoms with E-state index in [-0.39, 0.29) is 0 Å². The molecule has 2 rings (SSSR count). The predicted molar refractivity (Wildman–Crippen MR) is 74.9 cm³/mol. The molecule has 1 aliphatic heterocycles. The van der Waals surface area contributed by atoms with Crippen molar-refractivity contribution < 1.29 is 9.47 Å². The molecule has 0 bridgehead atoms. The molecule has 1 atom stereocenters. The van der Waals surface area contributed by atoms with Crippen LogP contribution in [0.25, 0.3) is 0 Å². The van der Waals surface area contributed by atoms with Crippen LogP contribution in [0.3, 0.4) is 0 Å². The van der Waals surface area contributed by atoms with E-state index >= 15 is 0 Å². The zero-order valence-electron chi connectivity index (χ0n) is 9.63. The molecule has 1 N–H and O–H groups in total. The molecule has 5 heteroatoms. The smallest absolute Gasteiger partial charge is 0.134 e. The zero-order valence-corrected chi connectivity index (χ0v) is 12.8. The lowest BCUT2D eigenvalue weighted by Gasteiger charge is -2.13. The van der Waals surface area contributed by atoms with E-state index < -0.39 is 0 Å². The normalized spacial score (nSPS) is 19.4. The Morgan fingerprint density at radius 2 is 2.00 bits per heavy atom. The number of methoxy groups -OCH3 is 1. The third kappa shape index (κ3) is 3.36. The van der Waals surface area contributed by atoms with Gasteiger partial charge in [-0.05, 0) is 57.0 Å². The van der Waals surface area contributed by atoms with Gasteiger partial charge in [-0.3, -0.25) is 0 Å². The Balaban J connectivity index is 2.02. The Morgan fingerprint density at radius 3 is 2.65 bits per heavy atom. The number of halogens is 2. The number of hydrogen-bond donors (Lipinski definition) is 1. The van der Waals surface area contributed by atoms with Crippen molar-refractivity contribution >= 4 is 31.9 Å². The van der Waals surface area contributed by atoms with Crippen LogP contribution in [-0.2, 0) is 0 Å². The van der Waals surface area contributed by atoms with Crippen molar-refractivity contribution in [2.75, 3.05) is 26.8 Å². The SMILES string of the molecule is COc1cc(Br)c(OCC2CCNC2)cc1Br. The van der Waals surface area contributed by atoms with Gasteiger partial charge in [0, 0.05) is 12.5 Å². The molecule has 0 saturated carbocycles. The Kier molecular flexibility index (Phi) is 4.70. The number of benzene rings is 1. The van der Waals surface area contributed by atoms with E-state index in [1.165, 1.54) is 6.42 Å². The molecule has 1 saturated heterocycles. The second kappa shape index (κ2) is 6.07. The van der Waals surface area contributed by atoms with Gasteiger partial charge in [-0.1, -0.05) is 0 Å². The van der Waals surface area contributed by atoms with Crippen LogP contribution >= 0.6 is 31.9 Å². The van der Waals surface area contributed by atoms with Gasteiger partial charge in [0.2, 0.25) is 0 Å². The van der Waals surface area contributed by atoms with Crippen molar-refractivity contribution in [3.63, 3.8) is 0 Å². The van der Waals surface area contributed by atoms with Crippen LogP contribution in [0.4, 0.5) is 0 Å². The standard InChI is InChI=1S/C12H15Br2NO2/c1-16-11-4-10(14)12(5-9(11)13)17-7-8-2-3-15-6-8/h4-5,8,15H,2-3,6-7H2,1H3. The Hall–Kier alpha value is -0.260. The number of nitrogens with one attached hydrogen (secondary N) is 1. The van der Waals surface area contributed by atoms with Gasteiger partial charge in [-0.25, -0.2) is 0 Å². The van der Waals surface area contributed by atoms with E-state index in [9.17, 15) is 0 Å². The number of hydrogen-bond acceptors (Lipinski definition) is 3.